The van der Waals surface area contributed by atoms with Crippen LogP contribution in [0.1, 0.15) is 32.8 Å². The van der Waals surface area contributed by atoms with Crippen molar-refractivity contribution in [2.75, 3.05) is 24.5 Å². The van der Waals surface area contributed by atoms with Crippen molar-refractivity contribution < 1.29 is 0 Å². The Balaban J connectivity index is 2.82. The van der Waals surface area contributed by atoms with Gasteiger partial charge < -0.3 is 10.2 Å². The molecule has 0 bridgehead atoms. The molecule has 1 N–H and O–H groups in total. The lowest BCUT2D eigenvalue weighted by Crippen LogP contribution is -2.26. The van der Waals surface area contributed by atoms with E-state index in [2.05, 4.69) is 42.0 Å². The summed E-state index contributed by atoms with van der Waals surface area (Å²) in [4.78, 5) is 6.62. The van der Waals surface area contributed by atoms with Gasteiger partial charge in [0.25, 0.3) is 0 Å². The summed E-state index contributed by atoms with van der Waals surface area (Å²) in [7, 11) is 0. The molecule has 1 aromatic heterocycles. The van der Waals surface area contributed by atoms with E-state index in [1.165, 1.54) is 17.7 Å². The number of hydrogen-bond acceptors (Lipinski definition) is 3. The van der Waals surface area contributed by atoms with Crippen LogP contribution >= 0.6 is 0 Å². The highest BCUT2D eigenvalue weighted by molar-refractivity contribution is 5.52. The molecule has 0 aliphatic rings. The van der Waals surface area contributed by atoms with Gasteiger partial charge in [-0.2, -0.15) is 0 Å². The Bertz CT molecular complexity index is 299. The van der Waals surface area contributed by atoms with Crippen LogP contribution < -0.4 is 10.2 Å². The molecule has 0 atom stereocenters. The fourth-order valence-electron chi connectivity index (χ4n) is 1.84. The highest BCUT2D eigenvalue weighted by Gasteiger charge is 2.08. The first-order valence-electron chi connectivity index (χ1n) is 6.22. The van der Waals surface area contributed by atoms with Crippen LogP contribution in [0.15, 0.2) is 18.5 Å². The largest absolute Gasteiger partial charge is 0.371 e. The molecule has 3 nitrogen and oxygen atoms in total. The number of nitrogens with one attached hydrogen (secondary N) is 1. The fourth-order valence-corrected chi connectivity index (χ4v) is 1.84. The predicted octanol–water partition coefficient (Wildman–Crippen LogP) is 2.43. The van der Waals surface area contributed by atoms with Crippen molar-refractivity contribution in [1.82, 2.24) is 10.3 Å². The predicted molar refractivity (Wildman–Crippen MR) is 69.8 cm³/mol. The second-order valence-electron chi connectivity index (χ2n) is 3.86. The van der Waals surface area contributed by atoms with Gasteiger partial charge in [-0.1, -0.05) is 13.8 Å². The third-order valence-electron chi connectivity index (χ3n) is 2.66. The second kappa shape index (κ2) is 7.23. The van der Waals surface area contributed by atoms with Gasteiger partial charge in [0.15, 0.2) is 0 Å². The average molecular weight is 221 g/mol. The average Bonchev–Trinajstić information content (AvgIpc) is 2.34. The minimum atomic E-state index is 0.903. The number of pyridine rings is 1. The molecule has 90 valence electrons. The molecule has 0 amide bonds. The molecular weight excluding hydrogens is 198 g/mol. The van der Waals surface area contributed by atoms with Gasteiger partial charge in [-0.05, 0) is 26.0 Å². The molecule has 0 spiro atoms. The third kappa shape index (κ3) is 3.49. The maximum atomic E-state index is 4.21. The van der Waals surface area contributed by atoms with Crippen LogP contribution in [0.25, 0.3) is 0 Å². The first-order chi connectivity index (χ1) is 7.83. The van der Waals surface area contributed by atoms with Gasteiger partial charge in [-0.15, -0.1) is 0 Å². The molecule has 0 aliphatic carbocycles. The molecule has 0 radical (unpaired) electrons. The van der Waals surface area contributed by atoms with Crippen molar-refractivity contribution in [2.45, 2.75) is 33.7 Å². The molecular formula is C13H23N3. The van der Waals surface area contributed by atoms with E-state index >= 15 is 0 Å². The summed E-state index contributed by atoms with van der Waals surface area (Å²) >= 11 is 0. The monoisotopic (exact) mass is 221 g/mol. The summed E-state index contributed by atoms with van der Waals surface area (Å²) < 4.78 is 0. The van der Waals surface area contributed by atoms with Crippen LogP contribution in [-0.2, 0) is 6.54 Å². The number of nitrogens with zero attached hydrogens (tertiary/aromatic N) is 2. The molecule has 0 aliphatic heterocycles. The number of aromatic nitrogens is 1. The molecule has 1 heterocycles. The van der Waals surface area contributed by atoms with Crippen LogP contribution in [-0.4, -0.2) is 24.6 Å². The van der Waals surface area contributed by atoms with E-state index in [-0.39, 0.29) is 0 Å². The van der Waals surface area contributed by atoms with Crippen molar-refractivity contribution in [3.05, 3.63) is 24.0 Å². The maximum Gasteiger partial charge on any atom is 0.0442 e. The van der Waals surface area contributed by atoms with Gasteiger partial charge in [0.05, 0.1) is 0 Å². The Morgan fingerprint density at radius 2 is 2.12 bits per heavy atom. The minimum Gasteiger partial charge on any atom is -0.371 e. The minimum absolute atomic E-state index is 0.903. The summed E-state index contributed by atoms with van der Waals surface area (Å²) in [5, 5.41) is 3.36. The van der Waals surface area contributed by atoms with Crippen LogP contribution in [0.4, 0.5) is 5.69 Å². The molecule has 0 saturated heterocycles. The highest BCUT2D eigenvalue weighted by atomic mass is 15.1. The maximum absolute atomic E-state index is 4.21. The van der Waals surface area contributed by atoms with Crippen molar-refractivity contribution in [3.8, 4) is 0 Å². The van der Waals surface area contributed by atoms with Crippen LogP contribution in [0.3, 0.4) is 0 Å². The quantitative estimate of drug-likeness (QED) is 0.766. The van der Waals surface area contributed by atoms with Gasteiger partial charge in [0.2, 0.25) is 0 Å². The van der Waals surface area contributed by atoms with Gasteiger partial charge >= 0.3 is 0 Å². The molecule has 0 fully saturated rings. The Morgan fingerprint density at radius 3 is 2.75 bits per heavy atom. The Hall–Kier alpha value is -1.09. The van der Waals surface area contributed by atoms with E-state index in [1.54, 1.807) is 0 Å². The summed E-state index contributed by atoms with van der Waals surface area (Å²) in [6, 6.07) is 2.12. The summed E-state index contributed by atoms with van der Waals surface area (Å²) in [5.74, 6) is 0. The molecule has 3 heteroatoms. The lowest BCUT2D eigenvalue weighted by molar-refractivity contribution is 0.713. The lowest BCUT2D eigenvalue weighted by Gasteiger charge is -2.25. The zero-order valence-corrected chi connectivity index (χ0v) is 10.7. The second-order valence-corrected chi connectivity index (χ2v) is 3.86. The highest BCUT2D eigenvalue weighted by Crippen LogP contribution is 2.19. The molecule has 0 unspecified atom stereocenters. The van der Waals surface area contributed by atoms with Crippen molar-refractivity contribution >= 4 is 5.69 Å². The fraction of sp³-hybridized carbons (Fsp3) is 0.615. The topological polar surface area (TPSA) is 28.2 Å². The normalized spacial score (nSPS) is 10.4. The molecule has 0 saturated carbocycles. The summed E-state index contributed by atoms with van der Waals surface area (Å²) in [5.41, 5.74) is 2.61. The lowest BCUT2D eigenvalue weighted by atomic mass is 10.2. The first kappa shape index (κ1) is 13.0. The standard InChI is InChI=1S/C13H23N3/c1-4-9-16(6-3)13-7-8-15-11-12(13)10-14-5-2/h7-8,11,14H,4-6,9-10H2,1-3H3. The smallest absolute Gasteiger partial charge is 0.0442 e. The van der Waals surface area contributed by atoms with Gasteiger partial charge in [-0.3, -0.25) is 4.98 Å². The number of hydrogen-bond donors (Lipinski definition) is 1. The van der Waals surface area contributed by atoms with E-state index in [4.69, 9.17) is 0 Å². The Labute approximate surface area is 98.9 Å². The van der Waals surface area contributed by atoms with Gasteiger partial charge in [-0.25, -0.2) is 0 Å². The Kier molecular flexibility index (Phi) is 5.86. The molecule has 0 aromatic carbocycles. The summed E-state index contributed by atoms with van der Waals surface area (Å²) in [6.45, 7) is 10.6. The van der Waals surface area contributed by atoms with Crippen LogP contribution in [0, 0.1) is 0 Å². The van der Waals surface area contributed by atoms with Gasteiger partial charge in [0, 0.05) is 43.3 Å². The van der Waals surface area contributed by atoms with Crippen molar-refractivity contribution in [1.29, 1.82) is 0 Å². The SMILES string of the molecule is CCCN(CC)c1ccncc1CNCC. The zero-order chi connectivity index (χ0) is 11.8. The van der Waals surface area contributed by atoms with E-state index in [9.17, 15) is 0 Å². The van der Waals surface area contributed by atoms with E-state index in [1.807, 2.05) is 12.4 Å². The van der Waals surface area contributed by atoms with Gasteiger partial charge in [0.1, 0.15) is 0 Å². The first-order valence-corrected chi connectivity index (χ1v) is 6.22. The Morgan fingerprint density at radius 1 is 1.31 bits per heavy atom. The zero-order valence-electron chi connectivity index (χ0n) is 10.7. The molecule has 1 rings (SSSR count). The summed E-state index contributed by atoms with van der Waals surface area (Å²) in [6.07, 6.45) is 5.02. The van der Waals surface area contributed by atoms with Crippen molar-refractivity contribution in [2.24, 2.45) is 0 Å². The number of rotatable bonds is 7. The van der Waals surface area contributed by atoms with E-state index in [0.29, 0.717) is 0 Å². The molecule has 1 aromatic rings. The van der Waals surface area contributed by atoms with Crippen LogP contribution in [0.5, 0.6) is 0 Å². The number of anilines is 1. The third-order valence-corrected chi connectivity index (χ3v) is 2.66. The van der Waals surface area contributed by atoms with E-state index < -0.39 is 0 Å². The van der Waals surface area contributed by atoms with Crippen LogP contribution in [0.2, 0.25) is 0 Å². The molecule has 16 heavy (non-hydrogen) atoms. The van der Waals surface area contributed by atoms with Crippen molar-refractivity contribution in [3.63, 3.8) is 0 Å². The van der Waals surface area contributed by atoms with E-state index in [0.717, 1.165) is 26.2 Å².